The Morgan fingerprint density at radius 1 is 1.27 bits per heavy atom. The molecule has 1 saturated carbocycles. The largest absolute Gasteiger partial charge is 0.316 e. The summed E-state index contributed by atoms with van der Waals surface area (Å²) in [5.41, 5.74) is 0. The van der Waals surface area contributed by atoms with Crippen LogP contribution < -0.4 is 10.0 Å². The van der Waals surface area contributed by atoms with Crippen molar-refractivity contribution in [2.24, 2.45) is 5.92 Å². The van der Waals surface area contributed by atoms with Gasteiger partial charge in [0.2, 0.25) is 10.0 Å². The SMILES string of the molecule is CCCNCCS(=O)(=O)NC1CC(C)C1. The van der Waals surface area contributed by atoms with Crippen molar-refractivity contribution in [3.05, 3.63) is 0 Å². The molecule has 5 heteroatoms. The molecule has 1 fully saturated rings. The summed E-state index contributed by atoms with van der Waals surface area (Å²) in [6, 6.07) is 0.191. The second-order valence-corrected chi connectivity index (χ2v) is 6.33. The first-order valence-electron chi connectivity index (χ1n) is 5.74. The van der Waals surface area contributed by atoms with Crippen molar-refractivity contribution in [3.63, 3.8) is 0 Å². The summed E-state index contributed by atoms with van der Waals surface area (Å²) in [7, 11) is -3.06. The van der Waals surface area contributed by atoms with Crippen molar-refractivity contribution in [2.75, 3.05) is 18.8 Å². The molecule has 4 nitrogen and oxygen atoms in total. The fourth-order valence-corrected chi connectivity index (χ4v) is 3.05. The predicted octanol–water partition coefficient (Wildman–Crippen LogP) is 0.704. The molecule has 0 unspecified atom stereocenters. The van der Waals surface area contributed by atoms with Crippen LogP contribution in [0.3, 0.4) is 0 Å². The molecule has 0 spiro atoms. The van der Waals surface area contributed by atoms with Gasteiger partial charge in [-0.15, -0.1) is 0 Å². The van der Waals surface area contributed by atoms with Crippen LogP contribution in [0.15, 0.2) is 0 Å². The monoisotopic (exact) mass is 234 g/mol. The van der Waals surface area contributed by atoms with Crippen LogP contribution in [0.5, 0.6) is 0 Å². The van der Waals surface area contributed by atoms with E-state index in [-0.39, 0.29) is 11.8 Å². The van der Waals surface area contributed by atoms with Gasteiger partial charge in [0.15, 0.2) is 0 Å². The molecule has 1 rings (SSSR count). The van der Waals surface area contributed by atoms with Crippen LogP contribution in [0, 0.1) is 5.92 Å². The Morgan fingerprint density at radius 2 is 1.93 bits per heavy atom. The van der Waals surface area contributed by atoms with E-state index < -0.39 is 10.0 Å². The maximum absolute atomic E-state index is 11.6. The van der Waals surface area contributed by atoms with Crippen LogP contribution in [-0.2, 0) is 10.0 Å². The van der Waals surface area contributed by atoms with Gasteiger partial charge < -0.3 is 5.32 Å². The van der Waals surface area contributed by atoms with E-state index in [0.29, 0.717) is 12.5 Å². The third-order valence-electron chi connectivity index (χ3n) is 2.69. The summed E-state index contributed by atoms with van der Waals surface area (Å²) in [4.78, 5) is 0. The summed E-state index contributed by atoms with van der Waals surface area (Å²) in [5, 5.41) is 3.09. The molecule has 0 aromatic rings. The summed E-state index contributed by atoms with van der Waals surface area (Å²) in [6.45, 7) is 5.64. The van der Waals surface area contributed by atoms with Gasteiger partial charge in [-0.3, -0.25) is 0 Å². The number of sulfonamides is 1. The van der Waals surface area contributed by atoms with E-state index >= 15 is 0 Å². The highest BCUT2D eigenvalue weighted by Gasteiger charge is 2.28. The Hall–Kier alpha value is -0.130. The average Bonchev–Trinajstić information content (AvgIpc) is 2.10. The molecule has 15 heavy (non-hydrogen) atoms. The molecule has 0 heterocycles. The molecular formula is C10H22N2O2S. The first kappa shape index (κ1) is 12.9. The van der Waals surface area contributed by atoms with E-state index in [0.717, 1.165) is 25.8 Å². The second-order valence-electron chi connectivity index (χ2n) is 4.46. The number of nitrogens with one attached hydrogen (secondary N) is 2. The fourth-order valence-electron chi connectivity index (χ4n) is 1.82. The summed E-state index contributed by atoms with van der Waals surface area (Å²) in [5.74, 6) is 0.869. The molecule has 1 aliphatic carbocycles. The molecule has 0 bridgehead atoms. The van der Waals surface area contributed by atoms with Crippen LogP contribution in [0.4, 0.5) is 0 Å². The van der Waals surface area contributed by atoms with Crippen LogP contribution >= 0.6 is 0 Å². The molecule has 0 aromatic heterocycles. The van der Waals surface area contributed by atoms with E-state index in [1.807, 2.05) is 0 Å². The molecule has 0 amide bonds. The summed E-state index contributed by atoms with van der Waals surface area (Å²) < 4.78 is 25.8. The molecule has 0 saturated heterocycles. The minimum Gasteiger partial charge on any atom is -0.316 e. The highest BCUT2D eigenvalue weighted by atomic mass is 32.2. The van der Waals surface area contributed by atoms with Crippen LogP contribution in [-0.4, -0.2) is 33.3 Å². The van der Waals surface area contributed by atoms with E-state index in [4.69, 9.17) is 0 Å². The van der Waals surface area contributed by atoms with Crippen molar-refractivity contribution >= 4 is 10.0 Å². The lowest BCUT2D eigenvalue weighted by atomic mass is 9.83. The minimum atomic E-state index is -3.06. The normalized spacial score (nSPS) is 26.3. The molecule has 0 aromatic carbocycles. The van der Waals surface area contributed by atoms with E-state index in [9.17, 15) is 8.42 Å². The van der Waals surface area contributed by atoms with Crippen LogP contribution in [0.2, 0.25) is 0 Å². The maximum Gasteiger partial charge on any atom is 0.213 e. The predicted molar refractivity (Wildman–Crippen MR) is 62.3 cm³/mol. The average molecular weight is 234 g/mol. The number of hydrogen-bond acceptors (Lipinski definition) is 3. The van der Waals surface area contributed by atoms with Gasteiger partial charge in [0, 0.05) is 12.6 Å². The molecule has 0 aliphatic heterocycles. The Bertz CT molecular complexity index is 271. The quantitative estimate of drug-likeness (QED) is 0.638. The van der Waals surface area contributed by atoms with Gasteiger partial charge in [0.25, 0.3) is 0 Å². The van der Waals surface area contributed by atoms with Crippen LogP contribution in [0.1, 0.15) is 33.1 Å². The zero-order valence-corrected chi connectivity index (χ0v) is 10.4. The number of rotatable bonds is 7. The van der Waals surface area contributed by atoms with Gasteiger partial charge >= 0.3 is 0 Å². The van der Waals surface area contributed by atoms with Crippen molar-refractivity contribution < 1.29 is 8.42 Å². The first-order valence-corrected chi connectivity index (χ1v) is 7.39. The highest BCUT2D eigenvalue weighted by Crippen LogP contribution is 2.26. The Kier molecular flexibility index (Phi) is 5.02. The van der Waals surface area contributed by atoms with Gasteiger partial charge in [-0.25, -0.2) is 13.1 Å². The van der Waals surface area contributed by atoms with Crippen molar-refractivity contribution in [3.8, 4) is 0 Å². The molecule has 2 N–H and O–H groups in total. The molecule has 90 valence electrons. The molecule has 0 radical (unpaired) electrons. The minimum absolute atomic E-state index is 0.191. The third-order valence-corrected chi connectivity index (χ3v) is 4.13. The Labute approximate surface area is 92.9 Å². The molecule has 0 atom stereocenters. The molecule has 1 aliphatic rings. The van der Waals surface area contributed by atoms with E-state index in [1.165, 1.54) is 0 Å². The highest BCUT2D eigenvalue weighted by molar-refractivity contribution is 7.89. The summed E-state index contributed by atoms with van der Waals surface area (Å²) in [6.07, 6.45) is 3.01. The van der Waals surface area contributed by atoms with Gasteiger partial charge in [-0.1, -0.05) is 13.8 Å². The Morgan fingerprint density at radius 3 is 2.47 bits per heavy atom. The standard InChI is InChI=1S/C10H22N2O2S/c1-3-4-11-5-6-15(13,14)12-10-7-9(2)8-10/h9-12H,3-8H2,1-2H3. The van der Waals surface area contributed by atoms with Crippen molar-refractivity contribution in [1.82, 2.24) is 10.0 Å². The summed E-state index contributed by atoms with van der Waals surface area (Å²) >= 11 is 0. The van der Waals surface area contributed by atoms with Crippen LogP contribution in [0.25, 0.3) is 0 Å². The van der Waals surface area contributed by atoms with Gasteiger partial charge in [-0.05, 0) is 31.7 Å². The fraction of sp³-hybridized carbons (Fsp3) is 1.00. The van der Waals surface area contributed by atoms with Crippen molar-refractivity contribution in [1.29, 1.82) is 0 Å². The lowest BCUT2D eigenvalue weighted by molar-refractivity contribution is 0.270. The van der Waals surface area contributed by atoms with E-state index in [1.54, 1.807) is 0 Å². The lowest BCUT2D eigenvalue weighted by Crippen LogP contribution is -2.45. The Balaban J connectivity index is 2.15. The maximum atomic E-state index is 11.6. The van der Waals surface area contributed by atoms with Gasteiger partial charge in [0.05, 0.1) is 5.75 Å². The molecular weight excluding hydrogens is 212 g/mol. The van der Waals surface area contributed by atoms with E-state index in [2.05, 4.69) is 23.9 Å². The second kappa shape index (κ2) is 5.82. The van der Waals surface area contributed by atoms with Crippen molar-refractivity contribution in [2.45, 2.75) is 39.2 Å². The lowest BCUT2D eigenvalue weighted by Gasteiger charge is -2.32. The first-order chi connectivity index (χ1) is 7.03. The number of hydrogen-bond donors (Lipinski definition) is 2. The topological polar surface area (TPSA) is 58.2 Å². The zero-order chi connectivity index (χ0) is 11.3. The zero-order valence-electron chi connectivity index (χ0n) is 9.62. The van der Waals surface area contributed by atoms with Gasteiger partial charge in [-0.2, -0.15) is 0 Å². The smallest absolute Gasteiger partial charge is 0.213 e. The third kappa shape index (κ3) is 4.95. The van der Waals surface area contributed by atoms with Gasteiger partial charge in [0.1, 0.15) is 0 Å².